The molecule has 172 valence electrons. The molecule has 1 amide bonds. The lowest BCUT2D eigenvalue weighted by Gasteiger charge is -2.28. The van der Waals surface area contributed by atoms with Crippen LogP contribution in [0.1, 0.15) is 23.0 Å². The van der Waals surface area contributed by atoms with Crippen molar-refractivity contribution < 1.29 is 19.1 Å². The summed E-state index contributed by atoms with van der Waals surface area (Å²) in [5.74, 6) is -1.33. The summed E-state index contributed by atoms with van der Waals surface area (Å²) in [5.41, 5.74) is 2.33. The molecule has 0 radical (unpaired) electrons. The van der Waals surface area contributed by atoms with E-state index < -0.39 is 23.9 Å². The lowest BCUT2D eigenvalue weighted by atomic mass is 10.2. The molecule has 0 aliphatic carbocycles. The van der Waals surface area contributed by atoms with Crippen LogP contribution in [0.2, 0.25) is 0 Å². The Bertz CT molecular complexity index is 1230. The maximum Gasteiger partial charge on any atom is 0.344 e. The van der Waals surface area contributed by atoms with Gasteiger partial charge in [-0.25, -0.2) is 9.78 Å². The summed E-state index contributed by atoms with van der Waals surface area (Å²) in [7, 11) is 0. The number of pyridine rings is 2. The first-order chi connectivity index (χ1) is 16.0. The number of nitrogens with zero attached hydrogens (tertiary/aromatic N) is 3. The fourth-order valence-electron chi connectivity index (χ4n) is 3.73. The van der Waals surface area contributed by atoms with E-state index in [0.717, 1.165) is 24.5 Å². The number of aromatic nitrogens is 2. The molecule has 3 aromatic rings. The number of esters is 1. The Morgan fingerprint density at radius 3 is 2.55 bits per heavy atom. The van der Waals surface area contributed by atoms with Crippen LogP contribution in [-0.2, 0) is 20.8 Å². The minimum absolute atomic E-state index is 0.127. The zero-order valence-electron chi connectivity index (χ0n) is 18.7. The summed E-state index contributed by atoms with van der Waals surface area (Å²) in [4.78, 5) is 44.2. The largest absolute Gasteiger partial charge is 0.452 e. The maximum atomic E-state index is 12.8. The number of nitrogens with one attached hydrogen (secondary N) is 1. The Hall–Kier alpha value is -3.72. The minimum Gasteiger partial charge on any atom is -0.452 e. The van der Waals surface area contributed by atoms with E-state index in [-0.39, 0.29) is 5.56 Å². The van der Waals surface area contributed by atoms with Crippen molar-refractivity contribution in [3.63, 3.8) is 0 Å². The third-order valence-corrected chi connectivity index (χ3v) is 5.48. The van der Waals surface area contributed by atoms with E-state index >= 15 is 0 Å². The number of benzene rings is 1. The van der Waals surface area contributed by atoms with Crippen LogP contribution >= 0.6 is 0 Å². The van der Waals surface area contributed by atoms with Crippen molar-refractivity contribution in [3.05, 3.63) is 64.1 Å². The van der Waals surface area contributed by atoms with Gasteiger partial charge in [0.1, 0.15) is 11.2 Å². The topological polar surface area (TPSA) is 103 Å². The second-order valence-corrected chi connectivity index (χ2v) is 7.75. The van der Waals surface area contributed by atoms with Gasteiger partial charge in [-0.3, -0.25) is 9.59 Å². The van der Waals surface area contributed by atoms with Gasteiger partial charge in [-0.2, -0.15) is 0 Å². The molecule has 9 heteroatoms. The molecule has 0 saturated carbocycles. The molecule has 1 N–H and O–H groups in total. The van der Waals surface area contributed by atoms with Gasteiger partial charge in [0.15, 0.2) is 6.61 Å². The lowest BCUT2D eigenvalue weighted by molar-refractivity contribution is -0.119. The van der Waals surface area contributed by atoms with Crippen LogP contribution in [0.4, 0.5) is 11.4 Å². The van der Waals surface area contributed by atoms with Crippen molar-refractivity contribution in [1.29, 1.82) is 0 Å². The Morgan fingerprint density at radius 1 is 1.12 bits per heavy atom. The third kappa shape index (κ3) is 5.04. The molecule has 0 unspecified atom stereocenters. The van der Waals surface area contributed by atoms with E-state index in [0.29, 0.717) is 36.5 Å². The summed E-state index contributed by atoms with van der Waals surface area (Å²) in [5, 5.41) is 3.03. The lowest BCUT2D eigenvalue weighted by Crippen LogP contribution is -2.36. The van der Waals surface area contributed by atoms with Gasteiger partial charge in [0.2, 0.25) is 5.43 Å². The van der Waals surface area contributed by atoms with E-state index in [4.69, 9.17) is 9.47 Å². The van der Waals surface area contributed by atoms with Gasteiger partial charge in [-0.15, -0.1) is 0 Å². The Balaban J connectivity index is 1.40. The SMILES string of the molecule is CCn1cc(C(=O)OCC(=O)Nc2ccc(N3CCOCC3)cc2)c(=O)c2ccc(C)nc21. The van der Waals surface area contributed by atoms with Crippen LogP contribution < -0.4 is 15.6 Å². The van der Waals surface area contributed by atoms with Crippen LogP contribution in [0.15, 0.2) is 47.4 Å². The van der Waals surface area contributed by atoms with E-state index in [1.165, 1.54) is 6.20 Å². The molecule has 0 bridgehead atoms. The standard InChI is InChI=1S/C24H26N4O5/c1-3-27-14-20(22(30)19-9-4-16(2)25-23(19)27)24(31)33-15-21(29)26-17-5-7-18(8-6-17)28-10-12-32-13-11-28/h4-9,14H,3,10-13,15H2,1-2H3,(H,26,29). The van der Waals surface area contributed by atoms with Crippen molar-refractivity contribution in [3.8, 4) is 0 Å². The highest BCUT2D eigenvalue weighted by molar-refractivity contribution is 5.97. The molecular weight excluding hydrogens is 424 g/mol. The molecule has 4 rings (SSSR count). The van der Waals surface area contributed by atoms with Crippen molar-refractivity contribution in [1.82, 2.24) is 9.55 Å². The molecule has 3 heterocycles. The van der Waals surface area contributed by atoms with Gasteiger partial charge in [-0.1, -0.05) is 0 Å². The van der Waals surface area contributed by atoms with Crippen LogP contribution in [0.5, 0.6) is 0 Å². The molecule has 33 heavy (non-hydrogen) atoms. The third-order valence-electron chi connectivity index (χ3n) is 5.48. The second-order valence-electron chi connectivity index (χ2n) is 7.75. The summed E-state index contributed by atoms with van der Waals surface area (Å²) < 4.78 is 12.2. The zero-order valence-corrected chi connectivity index (χ0v) is 18.7. The number of carbonyl (C=O) groups excluding carboxylic acids is 2. The second kappa shape index (κ2) is 9.83. The molecule has 0 spiro atoms. The minimum atomic E-state index is -0.845. The van der Waals surface area contributed by atoms with Crippen LogP contribution in [0, 0.1) is 6.92 Å². The molecule has 9 nitrogen and oxygen atoms in total. The Kier molecular flexibility index (Phi) is 6.69. The molecule has 0 atom stereocenters. The average Bonchev–Trinajstić information content (AvgIpc) is 2.84. The fraction of sp³-hybridized carbons (Fsp3) is 0.333. The maximum absolute atomic E-state index is 12.8. The van der Waals surface area contributed by atoms with Gasteiger partial charge in [0.05, 0.1) is 18.6 Å². The number of morpholine rings is 1. The number of hydrogen-bond donors (Lipinski definition) is 1. The monoisotopic (exact) mass is 450 g/mol. The number of carbonyl (C=O) groups is 2. The molecule has 2 aromatic heterocycles. The van der Waals surface area contributed by atoms with Crippen molar-refractivity contribution in [2.24, 2.45) is 0 Å². The van der Waals surface area contributed by atoms with Crippen LogP contribution in [0.3, 0.4) is 0 Å². The van der Waals surface area contributed by atoms with Gasteiger partial charge < -0.3 is 24.3 Å². The molecule has 1 saturated heterocycles. The molecular formula is C24H26N4O5. The van der Waals surface area contributed by atoms with Crippen LogP contribution in [-0.4, -0.2) is 54.3 Å². The highest BCUT2D eigenvalue weighted by Gasteiger charge is 2.18. The molecule has 1 fully saturated rings. The van der Waals surface area contributed by atoms with E-state index in [1.54, 1.807) is 28.8 Å². The quantitative estimate of drug-likeness (QED) is 0.575. The summed E-state index contributed by atoms with van der Waals surface area (Å²) in [6.07, 6.45) is 1.43. The predicted molar refractivity (Wildman–Crippen MR) is 125 cm³/mol. The number of anilines is 2. The normalized spacial score (nSPS) is 13.7. The molecule has 1 aliphatic heterocycles. The van der Waals surface area contributed by atoms with Crippen molar-refractivity contribution in [2.45, 2.75) is 20.4 Å². The van der Waals surface area contributed by atoms with E-state index in [9.17, 15) is 14.4 Å². The number of rotatable bonds is 6. The average molecular weight is 450 g/mol. The van der Waals surface area contributed by atoms with Gasteiger partial charge in [0, 0.05) is 42.9 Å². The van der Waals surface area contributed by atoms with E-state index in [2.05, 4.69) is 15.2 Å². The van der Waals surface area contributed by atoms with Crippen molar-refractivity contribution in [2.75, 3.05) is 43.1 Å². The van der Waals surface area contributed by atoms with Gasteiger partial charge >= 0.3 is 5.97 Å². The highest BCUT2D eigenvalue weighted by Crippen LogP contribution is 2.19. The van der Waals surface area contributed by atoms with Gasteiger partial charge in [-0.05, 0) is 50.2 Å². The Labute approximate surface area is 190 Å². The number of aryl methyl sites for hydroxylation is 2. The number of fused-ring (bicyclic) bond motifs is 1. The van der Waals surface area contributed by atoms with Crippen LogP contribution in [0.25, 0.3) is 11.0 Å². The first kappa shape index (κ1) is 22.5. The predicted octanol–water partition coefficient (Wildman–Crippen LogP) is 2.36. The van der Waals surface area contributed by atoms with Gasteiger partial charge in [0.25, 0.3) is 5.91 Å². The summed E-state index contributed by atoms with van der Waals surface area (Å²) in [6.45, 7) is 6.79. The first-order valence-corrected chi connectivity index (χ1v) is 10.9. The smallest absolute Gasteiger partial charge is 0.344 e. The number of ether oxygens (including phenoxy) is 2. The van der Waals surface area contributed by atoms with E-state index in [1.807, 2.05) is 26.0 Å². The summed E-state index contributed by atoms with van der Waals surface area (Å²) >= 11 is 0. The first-order valence-electron chi connectivity index (χ1n) is 10.9. The molecule has 1 aliphatic rings. The summed E-state index contributed by atoms with van der Waals surface area (Å²) in [6, 6.07) is 10.8. The number of amides is 1. The molecule has 1 aromatic carbocycles. The zero-order chi connectivity index (χ0) is 23.4. The Morgan fingerprint density at radius 2 is 1.85 bits per heavy atom. The van der Waals surface area contributed by atoms with Crippen molar-refractivity contribution >= 4 is 34.3 Å². The highest BCUT2D eigenvalue weighted by atomic mass is 16.5. The number of hydrogen-bond acceptors (Lipinski definition) is 7. The fourth-order valence-corrected chi connectivity index (χ4v) is 3.73.